The van der Waals surface area contributed by atoms with Gasteiger partial charge in [0.25, 0.3) is 11.8 Å². The molecule has 2 aromatic rings. The Labute approximate surface area is 148 Å². The number of carbonyl (C=O) groups is 3. The summed E-state index contributed by atoms with van der Waals surface area (Å²) in [5.74, 6) is -0.983. The van der Waals surface area contributed by atoms with Crippen LogP contribution in [0.1, 0.15) is 39.8 Å². The van der Waals surface area contributed by atoms with Gasteiger partial charge in [-0.15, -0.1) is 10.2 Å². The van der Waals surface area contributed by atoms with Crippen LogP contribution in [0.25, 0.3) is 0 Å². The number of imide groups is 1. The summed E-state index contributed by atoms with van der Waals surface area (Å²) in [5.41, 5.74) is 1.08. The molecule has 1 aliphatic heterocycles. The second kappa shape index (κ2) is 7.31. The van der Waals surface area contributed by atoms with Gasteiger partial charge >= 0.3 is 6.09 Å². The Bertz CT molecular complexity index is 814. The lowest BCUT2D eigenvalue weighted by molar-refractivity contribution is -0.138. The molecule has 26 heavy (non-hydrogen) atoms. The van der Waals surface area contributed by atoms with Crippen LogP contribution in [0.2, 0.25) is 0 Å². The van der Waals surface area contributed by atoms with E-state index < -0.39 is 24.0 Å². The van der Waals surface area contributed by atoms with Gasteiger partial charge in [0.15, 0.2) is 0 Å². The first kappa shape index (κ1) is 17.5. The maximum absolute atomic E-state index is 12.3. The number of nitrogens with one attached hydrogen (secondary N) is 1. The molecule has 0 saturated carbocycles. The first-order valence-electron chi connectivity index (χ1n) is 8.00. The Morgan fingerprint density at radius 2 is 1.92 bits per heavy atom. The lowest BCUT2D eigenvalue weighted by Gasteiger charge is -2.21. The first-order valence-corrected chi connectivity index (χ1v) is 8.00. The molecule has 0 aliphatic carbocycles. The van der Waals surface area contributed by atoms with Crippen LogP contribution in [0.4, 0.5) is 4.79 Å². The maximum Gasteiger partial charge on any atom is 0.404 e. The van der Waals surface area contributed by atoms with Crippen molar-refractivity contribution < 1.29 is 24.3 Å². The molecular formula is C16H17N5O5. The van der Waals surface area contributed by atoms with Crippen molar-refractivity contribution in [1.29, 1.82) is 0 Å². The van der Waals surface area contributed by atoms with Gasteiger partial charge in [-0.2, -0.15) is 0 Å². The van der Waals surface area contributed by atoms with Crippen LogP contribution >= 0.6 is 0 Å². The number of hydrogen-bond acceptors (Lipinski definition) is 6. The normalized spacial score (nSPS) is 14.4. The van der Waals surface area contributed by atoms with E-state index in [0.29, 0.717) is 23.2 Å². The predicted octanol–water partition coefficient (Wildman–Crippen LogP) is 1.05. The topological polar surface area (TPSA) is 127 Å². The molecule has 2 N–H and O–H groups in total. The van der Waals surface area contributed by atoms with Gasteiger partial charge in [0.2, 0.25) is 0 Å². The first-order chi connectivity index (χ1) is 12.5. The van der Waals surface area contributed by atoms with Crippen molar-refractivity contribution in [1.82, 2.24) is 25.4 Å². The van der Waals surface area contributed by atoms with Crippen LogP contribution in [-0.4, -0.2) is 49.2 Å². The second-order valence-electron chi connectivity index (χ2n) is 5.68. The van der Waals surface area contributed by atoms with Crippen LogP contribution in [-0.2, 0) is 17.9 Å². The second-order valence-corrected chi connectivity index (χ2v) is 5.68. The highest BCUT2D eigenvalue weighted by atomic mass is 16.7. The van der Waals surface area contributed by atoms with Crippen LogP contribution in [0.3, 0.4) is 0 Å². The summed E-state index contributed by atoms with van der Waals surface area (Å²) in [6.45, 7) is 2.14. The number of carboxylic acid groups (broad SMARTS) is 1. The summed E-state index contributed by atoms with van der Waals surface area (Å²) >= 11 is 0. The Morgan fingerprint density at radius 1 is 1.27 bits per heavy atom. The highest BCUT2D eigenvalue weighted by Gasteiger charge is 2.37. The molecule has 0 saturated heterocycles. The summed E-state index contributed by atoms with van der Waals surface area (Å²) in [5, 5.41) is 19.3. The molecule has 0 fully saturated rings. The standard InChI is InChI=1S/C16H17N5O5/c1-2-11(9-20-8-10(18-19-20)7-17-16(24)25)26-21-14(22)12-5-3-4-6-13(12)15(21)23/h3-6,8,11,17H,2,7,9H2,1H3,(H,24,25). The van der Waals surface area contributed by atoms with Gasteiger partial charge in [0.05, 0.1) is 30.4 Å². The zero-order chi connectivity index (χ0) is 18.7. The number of nitrogens with zero attached hydrogens (tertiary/aromatic N) is 4. The summed E-state index contributed by atoms with van der Waals surface area (Å²) in [7, 11) is 0. The van der Waals surface area contributed by atoms with Crippen molar-refractivity contribution in [2.45, 2.75) is 32.5 Å². The van der Waals surface area contributed by atoms with Gasteiger partial charge in [0.1, 0.15) is 11.8 Å². The number of rotatable bonds is 7. The van der Waals surface area contributed by atoms with Gasteiger partial charge in [-0.1, -0.05) is 24.3 Å². The molecule has 1 atom stereocenters. The van der Waals surface area contributed by atoms with Crippen molar-refractivity contribution in [3.63, 3.8) is 0 Å². The largest absolute Gasteiger partial charge is 0.465 e. The molecule has 0 spiro atoms. The van der Waals surface area contributed by atoms with Gasteiger partial charge in [-0.25, -0.2) is 9.48 Å². The molecule has 0 bridgehead atoms. The van der Waals surface area contributed by atoms with E-state index in [4.69, 9.17) is 9.94 Å². The smallest absolute Gasteiger partial charge is 0.404 e. The Balaban J connectivity index is 1.65. The molecule has 1 aliphatic rings. The SMILES string of the molecule is CCC(Cn1cc(CNC(=O)O)nn1)ON1C(=O)c2ccccc2C1=O. The third-order valence-corrected chi connectivity index (χ3v) is 3.86. The minimum atomic E-state index is -1.15. The quantitative estimate of drug-likeness (QED) is 0.708. The zero-order valence-corrected chi connectivity index (χ0v) is 14.0. The van der Waals surface area contributed by atoms with Crippen LogP contribution in [0.5, 0.6) is 0 Å². The maximum atomic E-state index is 12.3. The fraction of sp³-hybridized carbons (Fsp3) is 0.312. The highest BCUT2D eigenvalue weighted by Crippen LogP contribution is 2.24. The van der Waals surface area contributed by atoms with E-state index in [9.17, 15) is 14.4 Å². The highest BCUT2D eigenvalue weighted by molar-refractivity contribution is 6.20. The number of fused-ring (bicyclic) bond motifs is 1. The van der Waals surface area contributed by atoms with E-state index in [2.05, 4.69) is 15.6 Å². The average Bonchev–Trinajstić information content (AvgIpc) is 3.18. The third kappa shape index (κ3) is 3.54. The minimum Gasteiger partial charge on any atom is -0.465 e. The molecule has 2 heterocycles. The molecule has 3 amide bonds. The molecule has 10 heteroatoms. The molecule has 1 aromatic carbocycles. The molecular weight excluding hydrogens is 342 g/mol. The number of carbonyl (C=O) groups excluding carboxylic acids is 2. The summed E-state index contributed by atoms with van der Waals surface area (Å²) in [6, 6.07) is 6.54. The van der Waals surface area contributed by atoms with Gasteiger partial charge in [-0.3, -0.25) is 14.4 Å². The van der Waals surface area contributed by atoms with Crippen LogP contribution in [0, 0.1) is 0 Å². The zero-order valence-electron chi connectivity index (χ0n) is 14.0. The summed E-state index contributed by atoms with van der Waals surface area (Å²) in [6.07, 6.45) is 0.458. The van der Waals surface area contributed by atoms with Crippen LogP contribution in [0.15, 0.2) is 30.5 Å². The van der Waals surface area contributed by atoms with E-state index in [0.717, 1.165) is 5.06 Å². The molecule has 1 aromatic heterocycles. The molecule has 10 nitrogen and oxygen atoms in total. The monoisotopic (exact) mass is 359 g/mol. The van der Waals surface area contributed by atoms with Gasteiger partial charge in [0, 0.05) is 0 Å². The Kier molecular flexibility index (Phi) is 4.94. The van der Waals surface area contributed by atoms with Crippen molar-refractivity contribution in [2.24, 2.45) is 0 Å². The van der Waals surface area contributed by atoms with E-state index in [1.807, 2.05) is 6.92 Å². The summed E-state index contributed by atoms with van der Waals surface area (Å²) < 4.78 is 1.48. The number of aromatic nitrogens is 3. The lowest BCUT2D eigenvalue weighted by Crippen LogP contribution is -2.36. The number of benzene rings is 1. The Hall–Kier alpha value is -3.27. The minimum absolute atomic E-state index is 0.0331. The summed E-state index contributed by atoms with van der Waals surface area (Å²) in [4.78, 5) is 40.8. The van der Waals surface area contributed by atoms with E-state index in [-0.39, 0.29) is 13.1 Å². The third-order valence-electron chi connectivity index (χ3n) is 3.86. The van der Waals surface area contributed by atoms with Crippen molar-refractivity contribution in [3.8, 4) is 0 Å². The average molecular weight is 359 g/mol. The molecule has 0 radical (unpaired) electrons. The van der Waals surface area contributed by atoms with Crippen molar-refractivity contribution in [2.75, 3.05) is 0 Å². The fourth-order valence-electron chi connectivity index (χ4n) is 2.53. The number of amides is 3. The predicted molar refractivity (Wildman–Crippen MR) is 87.0 cm³/mol. The Morgan fingerprint density at radius 3 is 2.50 bits per heavy atom. The molecule has 136 valence electrons. The number of hydrogen-bond donors (Lipinski definition) is 2. The van der Waals surface area contributed by atoms with Crippen LogP contribution < -0.4 is 5.32 Å². The lowest BCUT2D eigenvalue weighted by atomic mass is 10.1. The van der Waals surface area contributed by atoms with E-state index in [1.54, 1.807) is 30.5 Å². The van der Waals surface area contributed by atoms with E-state index >= 15 is 0 Å². The van der Waals surface area contributed by atoms with Crippen molar-refractivity contribution >= 4 is 17.9 Å². The number of hydroxylamine groups is 2. The molecule has 3 rings (SSSR count). The van der Waals surface area contributed by atoms with Crippen molar-refractivity contribution in [3.05, 3.63) is 47.3 Å². The van der Waals surface area contributed by atoms with Gasteiger partial charge < -0.3 is 10.4 Å². The molecule has 1 unspecified atom stereocenters. The van der Waals surface area contributed by atoms with E-state index in [1.165, 1.54) is 4.68 Å². The van der Waals surface area contributed by atoms with Gasteiger partial charge in [-0.05, 0) is 18.6 Å². The fourth-order valence-corrected chi connectivity index (χ4v) is 2.53.